The molecule has 0 bridgehead atoms. The van der Waals surface area contributed by atoms with E-state index in [0.29, 0.717) is 17.6 Å². The fourth-order valence-corrected chi connectivity index (χ4v) is 4.59. The molecule has 1 N–H and O–H groups in total. The number of hydrogen-bond acceptors (Lipinski definition) is 4. The largest absolute Gasteiger partial charge is 0.461 e. The van der Waals surface area contributed by atoms with Gasteiger partial charge in [0.2, 0.25) is 0 Å². The van der Waals surface area contributed by atoms with E-state index in [1.165, 1.54) is 0 Å². The first-order valence-electron chi connectivity index (χ1n) is 8.86. The van der Waals surface area contributed by atoms with Gasteiger partial charge in [0.25, 0.3) is 0 Å². The zero-order valence-corrected chi connectivity index (χ0v) is 17.1. The van der Waals surface area contributed by atoms with Crippen molar-refractivity contribution in [1.82, 2.24) is 0 Å². The normalized spacial score (nSPS) is 26.9. The number of benzene rings is 1. The van der Waals surface area contributed by atoms with Crippen LogP contribution in [0.3, 0.4) is 0 Å². The SMILES string of the molecule is C=C1[C@H](COC(=O)c2ccccc2)[C@@H](C(C)(C)C)C[C@@]1(O)O[SiH](C)C. The number of ether oxygens (including phenoxy) is 1. The molecule has 25 heavy (non-hydrogen) atoms. The molecule has 0 radical (unpaired) electrons. The van der Waals surface area contributed by atoms with E-state index in [1.54, 1.807) is 12.1 Å². The summed E-state index contributed by atoms with van der Waals surface area (Å²) in [6.07, 6.45) is 0.494. The Hall–Kier alpha value is -1.43. The van der Waals surface area contributed by atoms with Crippen LogP contribution in [0.15, 0.2) is 42.5 Å². The van der Waals surface area contributed by atoms with E-state index in [-0.39, 0.29) is 29.8 Å². The van der Waals surface area contributed by atoms with Gasteiger partial charge in [0.1, 0.15) is 0 Å². The topological polar surface area (TPSA) is 55.8 Å². The first-order valence-corrected chi connectivity index (χ1v) is 11.6. The zero-order valence-electron chi connectivity index (χ0n) is 15.9. The minimum atomic E-state index is -1.45. The molecular formula is C20H30O4Si. The predicted octanol–water partition coefficient (Wildman–Crippen LogP) is 3.77. The second-order valence-electron chi connectivity index (χ2n) is 8.22. The van der Waals surface area contributed by atoms with Gasteiger partial charge >= 0.3 is 5.97 Å². The molecule has 1 aliphatic rings. The number of carbonyl (C=O) groups excluding carboxylic acids is 1. The minimum Gasteiger partial charge on any atom is -0.461 e. The van der Waals surface area contributed by atoms with Gasteiger partial charge in [-0.25, -0.2) is 4.79 Å². The molecule has 0 saturated heterocycles. The molecule has 0 heterocycles. The molecule has 1 saturated carbocycles. The second-order valence-corrected chi connectivity index (χ2v) is 10.6. The third-order valence-corrected chi connectivity index (χ3v) is 5.74. The molecule has 1 fully saturated rings. The quantitative estimate of drug-likeness (QED) is 0.375. The summed E-state index contributed by atoms with van der Waals surface area (Å²) in [7, 11) is -1.45. The van der Waals surface area contributed by atoms with Gasteiger partial charge in [0.15, 0.2) is 14.8 Å². The Morgan fingerprint density at radius 2 is 1.92 bits per heavy atom. The lowest BCUT2D eigenvalue weighted by Gasteiger charge is -2.32. The molecule has 2 rings (SSSR count). The Labute approximate surface area is 152 Å². The lowest BCUT2D eigenvalue weighted by atomic mass is 9.74. The van der Waals surface area contributed by atoms with E-state index in [9.17, 15) is 9.90 Å². The van der Waals surface area contributed by atoms with E-state index in [0.717, 1.165) is 0 Å². The Morgan fingerprint density at radius 3 is 2.44 bits per heavy atom. The maximum Gasteiger partial charge on any atom is 0.338 e. The third-order valence-electron chi connectivity index (χ3n) is 4.88. The molecule has 3 atom stereocenters. The van der Waals surface area contributed by atoms with Gasteiger partial charge in [-0.05, 0) is 42.1 Å². The third kappa shape index (κ3) is 4.60. The van der Waals surface area contributed by atoms with Crippen LogP contribution in [0.25, 0.3) is 0 Å². The highest BCUT2D eigenvalue weighted by atomic mass is 28.3. The molecule has 4 nitrogen and oxygen atoms in total. The van der Waals surface area contributed by atoms with E-state index in [1.807, 2.05) is 31.3 Å². The van der Waals surface area contributed by atoms with Gasteiger partial charge in [0.05, 0.1) is 12.2 Å². The Bertz CT molecular complexity index is 620. The van der Waals surface area contributed by atoms with Crippen LogP contribution >= 0.6 is 0 Å². The van der Waals surface area contributed by atoms with Crippen LogP contribution in [-0.4, -0.2) is 32.5 Å². The smallest absolute Gasteiger partial charge is 0.338 e. The molecule has 1 aromatic carbocycles. The van der Waals surface area contributed by atoms with Crippen molar-refractivity contribution in [2.24, 2.45) is 17.3 Å². The Kier molecular flexibility index (Phi) is 5.92. The van der Waals surface area contributed by atoms with Crippen molar-refractivity contribution < 1.29 is 19.1 Å². The Morgan fingerprint density at radius 1 is 1.32 bits per heavy atom. The highest BCUT2D eigenvalue weighted by molar-refractivity contribution is 6.48. The van der Waals surface area contributed by atoms with E-state index in [4.69, 9.17) is 9.16 Å². The monoisotopic (exact) mass is 362 g/mol. The molecule has 0 spiro atoms. The maximum absolute atomic E-state index is 12.3. The highest BCUT2D eigenvalue weighted by Crippen LogP contribution is 2.51. The number of rotatable bonds is 5. The summed E-state index contributed by atoms with van der Waals surface area (Å²) in [6, 6.07) is 8.94. The molecule has 138 valence electrons. The molecule has 0 amide bonds. The van der Waals surface area contributed by atoms with Crippen molar-refractivity contribution in [2.45, 2.75) is 46.1 Å². The lowest BCUT2D eigenvalue weighted by molar-refractivity contribution is -0.109. The molecule has 1 aliphatic carbocycles. The molecular weight excluding hydrogens is 332 g/mol. The summed E-state index contributed by atoms with van der Waals surface area (Å²) >= 11 is 0. The number of esters is 1. The summed E-state index contributed by atoms with van der Waals surface area (Å²) in [4.78, 5) is 12.3. The molecule has 0 aliphatic heterocycles. The van der Waals surface area contributed by atoms with Crippen molar-refractivity contribution in [3.8, 4) is 0 Å². The van der Waals surface area contributed by atoms with Crippen LogP contribution in [0.2, 0.25) is 13.1 Å². The van der Waals surface area contributed by atoms with E-state index >= 15 is 0 Å². The fourth-order valence-electron chi connectivity index (χ4n) is 3.57. The highest BCUT2D eigenvalue weighted by Gasteiger charge is 2.52. The summed E-state index contributed by atoms with van der Waals surface area (Å²) in [5.41, 5.74) is 1.10. The van der Waals surface area contributed by atoms with Gasteiger partial charge in [0, 0.05) is 12.3 Å². The van der Waals surface area contributed by atoms with Crippen molar-refractivity contribution in [1.29, 1.82) is 0 Å². The van der Waals surface area contributed by atoms with Crippen LogP contribution in [0, 0.1) is 17.3 Å². The molecule has 0 unspecified atom stereocenters. The summed E-state index contributed by atoms with van der Waals surface area (Å²) in [6.45, 7) is 14.8. The van der Waals surface area contributed by atoms with Gasteiger partial charge < -0.3 is 14.3 Å². The summed E-state index contributed by atoms with van der Waals surface area (Å²) in [5.74, 6) is -1.65. The number of hydrogen-bond donors (Lipinski definition) is 1. The van der Waals surface area contributed by atoms with Crippen LogP contribution in [0.1, 0.15) is 37.6 Å². The van der Waals surface area contributed by atoms with Gasteiger partial charge in [-0.2, -0.15) is 0 Å². The van der Waals surface area contributed by atoms with Gasteiger partial charge in [-0.3, -0.25) is 0 Å². The van der Waals surface area contributed by atoms with Crippen LogP contribution in [0.4, 0.5) is 0 Å². The fraction of sp³-hybridized carbons (Fsp3) is 0.550. The first-order chi connectivity index (χ1) is 11.5. The number of aliphatic hydroxyl groups is 1. The molecule has 1 aromatic rings. The van der Waals surface area contributed by atoms with E-state index < -0.39 is 14.8 Å². The number of carbonyl (C=O) groups is 1. The van der Waals surface area contributed by atoms with Gasteiger partial charge in [-0.15, -0.1) is 0 Å². The molecule has 5 heteroatoms. The molecule has 0 aromatic heterocycles. The average molecular weight is 363 g/mol. The van der Waals surface area contributed by atoms with Crippen molar-refractivity contribution in [3.05, 3.63) is 48.0 Å². The maximum atomic E-state index is 12.3. The van der Waals surface area contributed by atoms with Crippen LogP contribution < -0.4 is 0 Å². The first kappa shape index (κ1) is 19.9. The van der Waals surface area contributed by atoms with Crippen molar-refractivity contribution in [3.63, 3.8) is 0 Å². The van der Waals surface area contributed by atoms with E-state index in [2.05, 4.69) is 27.4 Å². The van der Waals surface area contributed by atoms with Crippen molar-refractivity contribution >= 4 is 15.0 Å². The zero-order chi connectivity index (χ0) is 18.8. The van der Waals surface area contributed by atoms with Crippen LogP contribution in [-0.2, 0) is 9.16 Å². The summed E-state index contributed by atoms with van der Waals surface area (Å²) in [5, 5.41) is 11.0. The second kappa shape index (κ2) is 7.44. The van der Waals surface area contributed by atoms with Crippen LogP contribution in [0.5, 0.6) is 0 Å². The summed E-state index contributed by atoms with van der Waals surface area (Å²) < 4.78 is 11.5. The van der Waals surface area contributed by atoms with Crippen molar-refractivity contribution in [2.75, 3.05) is 6.61 Å². The standard InChI is InChI=1S/C20H30O4Si/c1-14-16(13-23-18(21)15-10-8-7-9-11-15)17(19(2,3)4)12-20(14,22)24-25(5)6/h7-11,16-17,22,25H,1,12-13H2,2-6H3/t16-,17-,20+/m0/s1. The lowest BCUT2D eigenvalue weighted by Crippen LogP contribution is -2.36. The predicted molar refractivity (Wildman–Crippen MR) is 102 cm³/mol. The average Bonchev–Trinajstić information content (AvgIpc) is 2.77. The minimum absolute atomic E-state index is 0.0564. The van der Waals surface area contributed by atoms with Gasteiger partial charge in [-0.1, -0.05) is 45.5 Å². The Balaban J connectivity index is 2.15.